The zero-order chi connectivity index (χ0) is 50.2. The van der Waals surface area contributed by atoms with Gasteiger partial charge in [-0.2, -0.15) is 0 Å². The van der Waals surface area contributed by atoms with Gasteiger partial charge >= 0.3 is 5.97 Å². The van der Waals surface area contributed by atoms with Crippen molar-refractivity contribution in [3.05, 3.63) is 65.4 Å². The van der Waals surface area contributed by atoms with Crippen LogP contribution in [0.25, 0.3) is 11.3 Å². The number of esters is 1. The second-order valence-corrected chi connectivity index (χ2v) is 20.2. The summed E-state index contributed by atoms with van der Waals surface area (Å²) >= 11 is 0. The average Bonchev–Trinajstić information content (AvgIpc) is 3.82. The summed E-state index contributed by atoms with van der Waals surface area (Å²) in [6.07, 6.45) is 5.70. The first-order chi connectivity index (χ1) is 32.9. The number of benzene rings is 1. The Balaban J connectivity index is 1.26. The molecule has 69 heavy (non-hydrogen) atoms. The minimum Gasteiger partial charge on any atom is -0.456 e. The zero-order valence-corrected chi connectivity index (χ0v) is 42.0. The van der Waals surface area contributed by atoms with Crippen LogP contribution in [0.4, 0.5) is 4.39 Å². The molecule has 0 spiro atoms. The Bertz CT molecular complexity index is 2140. The average molecular weight is 966 g/mol. The summed E-state index contributed by atoms with van der Waals surface area (Å²) in [7, 11) is 4.70. The fourth-order valence-corrected chi connectivity index (χ4v) is 11.0. The summed E-state index contributed by atoms with van der Waals surface area (Å²) < 4.78 is 50.6. The van der Waals surface area contributed by atoms with E-state index in [0.29, 0.717) is 74.0 Å². The summed E-state index contributed by atoms with van der Waals surface area (Å²) in [5, 5.41) is 24.0. The van der Waals surface area contributed by atoms with Crippen LogP contribution >= 0.6 is 0 Å². The summed E-state index contributed by atoms with van der Waals surface area (Å²) in [6, 6.07) is 5.10. The van der Waals surface area contributed by atoms with Crippen molar-refractivity contribution >= 4 is 23.4 Å². The molecule has 4 aliphatic rings. The number of ether oxygens (including phenoxy) is 6. The highest BCUT2D eigenvalue weighted by Gasteiger charge is 2.56. The Hall–Kier alpha value is -4.16. The van der Waals surface area contributed by atoms with Crippen LogP contribution in [-0.2, 0) is 54.2 Å². The minimum absolute atomic E-state index is 0.0171. The molecule has 382 valence electrons. The van der Waals surface area contributed by atoms with E-state index in [0.717, 1.165) is 5.57 Å². The summed E-state index contributed by atoms with van der Waals surface area (Å²) in [5.41, 5.74) is 3.00. The van der Waals surface area contributed by atoms with E-state index in [1.165, 1.54) is 31.3 Å². The highest BCUT2D eigenvalue weighted by molar-refractivity contribution is 6.39. The number of hydrogen-bond donors (Lipinski definition) is 3. The molecule has 1 saturated carbocycles. The predicted octanol–water partition coefficient (Wildman–Crippen LogP) is 7.23. The van der Waals surface area contributed by atoms with Crippen molar-refractivity contribution < 1.29 is 62.2 Å². The number of cyclic esters (lactones) is 1. The largest absolute Gasteiger partial charge is 0.456 e. The van der Waals surface area contributed by atoms with Gasteiger partial charge in [-0.1, -0.05) is 57.6 Å². The number of Topliss-reactive ketones (excluding diaryl/α,β-unsaturated/α-hetero) is 2. The molecule has 6 rings (SSSR count). The van der Waals surface area contributed by atoms with Crippen LogP contribution in [-0.4, -0.2) is 131 Å². The number of nitrogens with zero attached hydrogens (tertiary/aromatic N) is 2. The maximum Gasteiger partial charge on any atom is 0.329 e. The van der Waals surface area contributed by atoms with Gasteiger partial charge in [-0.25, -0.2) is 14.2 Å². The van der Waals surface area contributed by atoms with E-state index in [1.807, 2.05) is 32.9 Å². The van der Waals surface area contributed by atoms with Crippen molar-refractivity contribution in [3.8, 4) is 11.3 Å². The second-order valence-electron chi connectivity index (χ2n) is 20.2. The number of carbonyl (C=O) groups excluding carboxylic acids is 4. The number of hydrogen-bond acceptors (Lipinski definition) is 13. The van der Waals surface area contributed by atoms with Gasteiger partial charge in [0.25, 0.3) is 11.7 Å². The molecule has 14 atom stereocenters. The van der Waals surface area contributed by atoms with Gasteiger partial charge in [-0.05, 0) is 108 Å². The van der Waals surface area contributed by atoms with Crippen LogP contribution in [0.15, 0.2) is 53.8 Å². The number of aromatic nitrogens is 2. The van der Waals surface area contributed by atoms with Gasteiger partial charge in [-0.3, -0.25) is 14.4 Å². The third-order valence-electron chi connectivity index (χ3n) is 15.1. The Morgan fingerprint density at radius 3 is 2.39 bits per heavy atom. The number of nitrogens with one attached hydrogen (secondary N) is 1. The van der Waals surface area contributed by atoms with E-state index in [1.54, 1.807) is 39.3 Å². The number of halogens is 1. The number of rotatable bonds is 10. The Morgan fingerprint density at radius 2 is 1.70 bits per heavy atom. The lowest BCUT2D eigenvalue weighted by Gasteiger charge is -2.47. The van der Waals surface area contributed by atoms with Crippen molar-refractivity contribution in [3.63, 3.8) is 0 Å². The number of aliphatic hydroxyl groups excluding tert-OH is 1. The molecule has 1 aliphatic carbocycles. The van der Waals surface area contributed by atoms with Crippen LogP contribution in [0.2, 0.25) is 0 Å². The van der Waals surface area contributed by atoms with Crippen LogP contribution in [0, 0.1) is 35.4 Å². The van der Waals surface area contributed by atoms with Crippen molar-refractivity contribution in [1.82, 2.24) is 14.9 Å². The minimum atomic E-state index is -2.52. The quantitative estimate of drug-likeness (QED) is 0.123. The number of aliphatic hydroxyl groups is 2. The van der Waals surface area contributed by atoms with E-state index in [4.69, 9.17) is 28.4 Å². The zero-order valence-electron chi connectivity index (χ0n) is 42.0. The van der Waals surface area contributed by atoms with Crippen molar-refractivity contribution in [2.24, 2.45) is 29.6 Å². The predicted molar refractivity (Wildman–Crippen MR) is 255 cm³/mol. The lowest BCUT2D eigenvalue weighted by Crippen LogP contribution is -2.64. The van der Waals surface area contributed by atoms with E-state index < -0.39 is 77.8 Å². The van der Waals surface area contributed by atoms with E-state index >= 15 is 0 Å². The van der Waals surface area contributed by atoms with Crippen LogP contribution in [0.5, 0.6) is 0 Å². The third-order valence-corrected chi connectivity index (χ3v) is 15.1. The Kier molecular flexibility index (Phi) is 19.1. The molecule has 15 nitrogen and oxygen atoms in total. The summed E-state index contributed by atoms with van der Waals surface area (Å²) in [4.78, 5) is 66.2. The maximum absolute atomic E-state index is 14.6. The number of ketones is 2. The molecule has 2 saturated heterocycles. The normalized spacial score (nSPS) is 35.9. The van der Waals surface area contributed by atoms with Gasteiger partial charge in [0.15, 0.2) is 0 Å². The fraction of sp³-hybridized carbons (Fsp3) is 0.679. The van der Waals surface area contributed by atoms with Gasteiger partial charge in [0.2, 0.25) is 5.79 Å². The van der Waals surface area contributed by atoms with E-state index in [2.05, 4.69) is 16.9 Å². The molecule has 1 aromatic heterocycles. The van der Waals surface area contributed by atoms with Crippen molar-refractivity contribution in [2.75, 3.05) is 27.9 Å². The van der Waals surface area contributed by atoms with Crippen molar-refractivity contribution in [2.45, 2.75) is 173 Å². The summed E-state index contributed by atoms with van der Waals surface area (Å²) in [6.45, 7) is 11.5. The lowest BCUT2D eigenvalue weighted by atomic mass is 9.81. The molecule has 2 aromatic rings. The van der Waals surface area contributed by atoms with E-state index in [-0.39, 0.29) is 68.1 Å². The first kappa shape index (κ1) is 54.2. The number of aromatic amines is 1. The number of H-pyrrole nitrogens is 1. The molecule has 3 fully saturated rings. The highest BCUT2D eigenvalue weighted by Crippen LogP contribution is 2.39. The van der Waals surface area contributed by atoms with Crippen molar-refractivity contribution in [1.29, 1.82) is 0 Å². The van der Waals surface area contributed by atoms with Crippen LogP contribution in [0.3, 0.4) is 0 Å². The SMILES string of the molecule is CC[C@@H]1/C=C(\C)C[C@H](C)C[C@H](OC)[C@H]2O[C@@](O)(C(=O)C(=O)N3CCCC[C@H]3C(=O)O[C@H](/C(C)=C/[C@@H]3CC[C@@H](OCc4ncc(-c5cccc(F)c5)[nH]4)[C@H](OC)C3)[C@H](C)[C@@H](O)CC1=O)[C@H](C)C[C@@H]2OC. The molecule has 3 N–H and O–H groups in total. The standard InChI is InChI=1S/C53H76FN3O12/c1-10-36-21-30(2)20-31(3)22-45(65-8)49-46(66-9)24-33(5)53(63,69-49)50(60)51(61)57-19-12-11-16-40(57)52(62)68-48(34(6)41(58)27-42(36)59)32(4)23-35-17-18-43(44(25-35)64-7)67-29-47-55-28-39(56-47)37-14-13-15-38(54)26-37/h13-15,21,23,26,28,31,33-36,40-41,43-46,48-49,58,63H,10-12,16-20,22,24-25,27,29H2,1-9H3,(H,55,56)/b30-21+,32-23+/t31-,33+,34+,35-,36+,40-,41-,43+,44+,45-,46-,48+,49+,53+/m0/s1. The molecular formula is C53H76FN3O12. The first-order valence-electron chi connectivity index (χ1n) is 24.9. The maximum atomic E-state index is 14.6. The smallest absolute Gasteiger partial charge is 0.329 e. The van der Waals surface area contributed by atoms with E-state index in [9.17, 15) is 33.8 Å². The number of piperidine rings is 1. The van der Waals surface area contributed by atoms with Crippen LogP contribution in [0.1, 0.15) is 118 Å². The van der Waals surface area contributed by atoms with Gasteiger partial charge in [-0.15, -0.1) is 0 Å². The highest BCUT2D eigenvalue weighted by atomic mass is 19.1. The molecular weight excluding hydrogens is 890 g/mol. The monoisotopic (exact) mass is 966 g/mol. The Labute approximate surface area is 406 Å². The molecule has 4 heterocycles. The molecule has 1 aromatic carbocycles. The molecule has 16 heteroatoms. The number of imidazole rings is 1. The number of carbonyl (C=O) groups is 4. The molecule has 1 amide bonds. The Morgan fingerprint density at radius 1 is 0.971 bits per heavy atom. The molecule has 3 aliphatic heterocycles. The van der Waals surface area contributed by atoms with Gasteiger partial charge in [0.05, 0.1) is 42.4 Å². The lowest BCUT2D eigenvalue weighted by molar-refractivity contribution is -0.302. The number of methoxy groups -OCH3 is 3. The van der Waals surface area contributed by atoms with Gasteiger partial charge in [0, 0.05) is 57.6 Å². The number of fused-ring (bicyclic) bond motifs is 3. The number of allylic oxidation sites excluding steroid dienone is 3. The topological polar surface area (TPSA) is 196 Å². The molecule has 0 radical (unpaired) electrons. The van der Waals surface area contributed by atoms with Gasteiger partial charge < -0.3 is 48.5 Å². The molecule has 0 unspecified atom stereocenters. The molecule has 2 bridgehead atoms. The summed E-state index contributed by atoms with van der Waals surface area (Å²) in [5.74, 6) is -7.45. The second kappa shape index (κ2) is 24.3. The van der Waals surface area contributed by atoms with Crippen LogP contribution < -0.4 is 0 Å². The fourth-order valence-electron chi connectivity index (χ4n) is 11.0. The number of amides is 1. The first-order valence-corrected chi connectivity index (χ1v) is 24.9. The third kappa shape index (κ3) is 13.0. The van der Waals surface area contributed by atoms with Gasteiger partial charge in [0.1, 0.15) is 42.3 Å².